The van der Waals surface area contributed by atoms with Gasteiger partial charge in [-0.1, -0.05) is 61.9 Å². The number of hydrogen-bond donors (Lipinski definition) is 0. The van der Waals surface area contributed by atoms with Crippen molar-refractivity contribution < 1.29 is 35.5 Å². The smallest absolute Gasteiger partial charge is 0.419 e. The van der Waals surface area contributed by atoms with E-state index in [1.807, 2.05) is 24.3 Å². The summed E-state index contributed by atoms with van der Waals surface area (Å²) < 4.78 is 101. The number of halogens is 7. The van der Waals surface area contributed by atoms with E-state index in [1.54, 1.807) is 12.1 Å². The fraction of sp³-hybridized carbons (Fsp3) is 0.133. The van der Waals surface area contributed by atoms with E-state index in [-0.39, 0.29) is 23.8 Å². The summed E-state index contributed by atoms with van der Waals surface area (Å²) in [5, 5.41) is 0. The minimum Gasteiger partial charge on any atom is -0.429 e. The van der Waals surface area contributed by atoms with Gasteiger partial charge in [0.2, 0.25) is 0 Å². The molecule has 4 rings (SSSR count). The average molecular weight is 530 g/mol. The molecule has 0 spiro atoms. The zero-order valence-corrected chi connectivity index (χ0v) is 20.1. The molecule has 0 aliphatic rings. The van der Waals surface area contributed by atoms with Crippen molar-refractivity contribution in [3.8, 4) is 28.0 Å². The molecule has 0 heterocycles. The number of hydrogen-bond acceptors (Lipinski definition) is 1. The van der Waals surface area contributed by atoms with Crippen LogP contribution in [0.5, 0.6) is 5.75 Å². The van der Waals surface area contributed by atoms with Gasteiger partial charge in [-0.05, 0) is 52.4 Å². The molecule has 0 bridgehead atoms. The zero-order valence-electron chi connectivity index (χ0n) is 20.1. The molecule has 8 heteroatoms. The molecule has 0 saturated carbocycles. The number of benzene rings is 4. The van der Waals surface area contributed by atoms with Crippen LogP contribution in [-0.4, -0.2) is 6.11 Å². The summed E-state index contributed by atoms with van der Waals surface area (Å²) in [6.45, 7) is 2.10. The van der Waals surface area contributed by atoms with E-state index < -0.39 is 46.5 Å². The van der Waals surface area contributed by atoms with Crippen molar-refractivity contribution in [1.29, 1.82) is 0 Å². The molecule has 196 valence electrons. The Kier molecular flexibility index (Phi) is 7.90. The fourth-order valence-electron chi connectivity index (χ4n) is 3.88. The van der Waals surface area contributed by atoms with Crippen LogP contribution in [0.3, 0.4) is 0 Å². The Morgan fingerprint density at radius 2 is 1.13 bits per heavy atom. The van der Waals surface area contributed by atoms with Gasteiger partial charge in [-0.25, -0.2) is 22.0 Å². The first kappa shape index (κ1) is 27.0. The SMILES string of the molecule is CCCc1ccc(-c2ccc(-c3cc(F)c(C=CC(F)(F)Oc4cc(F)c(F)c(F)c4)c(F)c3)cc2)cc1. The van der Waals surface area contributed by atoms with Gasteiger partial charge in [0, 0.05) is 23.8 Å². The second-order valence-electron chi connectivity index (χ2n) is 8.58. The molecule has 0 amide bonds. The molecule has 0 saturated heterocycles. The van der Waals surface area contributed by atoms with Gasteiger partial charge in [0.25, 0.3) is 0 Å². The van der Waals surface area contributed by atoms with E-state index in [1.165, 1.54) is 5.56 Å². The zero-order chi connectivity index (χ0) is 27.4. The quantitative estimate of drug-likeness (QED) is 0.163. The standard InChI is InChI=1S/C30H21F7O/c1-2-3-18-4-6-19(7-5-18)20-8-10-21(11-9-20)22-14-25(31)24(26(32)15-22)12-13-30(36,37)38-23-16-27(33)29(35)28(34)17-23/h4-17H,2-3H2,1H3. The monoisotopic (exact) mass is 530 g/mol. The Morgan fingerprint density at radius 3 is 1.63 bits per heavy atom. The summed E-state index contributed by atoms with van der Waals surface area (Å²) in [7, 11) is 0. The summed E-state index contributed by atoms with van der Waals surface area (Å²) in [5.74, 6) is -8.54. The molecule has 0 aliphatic heterocycles. The summed E-state index contributed by atoms with van der Waals surface area (Å²) in [6.07, 6.45) is -1.70. The summed E-state index contributed by atoms with van der Waals surface area (Å²) in [5.41, 5.74) is 3.08. The number of aryl methyl sites for hydroxylation is 1. The Morgan fingerprint density at radius 1 is 0.658 bits per heavy atom. The largest absolute Gasteiger partial charge is 0.429 e. The topological polar surface area (TPSA) is 9.23 Å². The van der Waals surface area contributed by atoms with Gasteiger partial charge in [-0.3, -0.25) is 0 Å². The third kappa shape index (κ3) is 6.25. The van der Waals surface area contributed by atoms with Crippen LogP contribution in [0.25, 0.3) is 28.3 Å². The fourth-order valence-corrected chi connectivity index (χ4v) is 3.88. The first-order valence-corrected chi connectivity index (χ1v) is 11.7. The Balaban J connectivity index is 1.51. The van der Waals surface area contributed by atoms with E-state index in [4.69, 9.17) is 0 Å². The highest BCUT2D eigenvalue weighted by Gasteiger charge is 2.29. The van der Waals surface area contributed by atoms with E-state index in [2.05, 4.69) is 23.8 Å². The lowest BCUT2D eigenvalue weighted by atomic mass is 9.98. The molecule has 0 aliphatic carbocycles. The van der Waals surface area contributed by atoms with Gasteiger partial charge < -0.3 is 4.74 Å². The number of alkyl halides is 2. The lowest BCUT2D eigenvalue weighted by Crippen LogP contribution is -2.21. The molecule has 0 radical (unpaired) electrons. The minimum atomic E-state index is -4.21. The maximum atomic E-state index is 14.7. The van der Waals surface area contributed by atoms with Gasteiger partial charge in [0.15, 0.2) is 17.5 Å². The van der Waals surface area contributed by atoms with Crippen molar-refractivity contribution >= 4 is 6.08 Å². The molecule has 1 nitrogen and oxygen atoms in total. The van der Waals surface area contributed by atoms with Crippen molar-refractivity contribution in [3.05, 3.63) is 119 Å². The van der Waals surface area contributed by atoms with Crippen LogP contribution in [0.4, 0.5) is 30.7 Å². The minimum absolute atomic E-state index is 0.0217. The second kappa shape index (κ2) is 11.1. The molecule has 4 aromatic rings. The van der Waals surface area contributed by atoms with Crippen LogP contribution in [0.1, 0.15) is 24.5 Å². The Labute approximate surface area is 214 Å². The summed E-state index contributed by atoms with van der Waals surface area (Å²) >= 11 is 0. The molecule has 0 fully saturated rings. The maximum Gasteiger partial charge on any atom is 0.419 e. The van der Waals surface area contributed by atoms with Gasteiger partial charge in [0.05, 0.1) is 0 Å². The van der Waals surface area contributed by atoms with Crippen molar-refractivity contribution in [3.63, 3.8) is 0 Å². The molecule has 4 aromatic carbocycles. The third-order valence-electron chi connectivity index (χ3n) is 5.78. The van der Waals surface area contributed by atoms with E-state index in [0.29, 0.717) is 11.6 Å². The van der Waals surface area contributed by atoms with Gasteiger partial charge in [0.1, 0.15) is 17.4 Å². The van der Waals surface area contributed by atoms with Crippen molar-refractivity contribution in [1.82, 2.24) is 0 Å². The summed E-state index contributed by atoms with van der Waals surface area (Å²) in [6, 6.07) is 17.6. The van der Waals surface area contributed by atoms with Crippen molar-refractivity contribution in [2.75, 3.05) is 0 Å². The predicted octanol–water partition coefficient (Wildman–Crippen LogP) is 9.35. The van der Waals surface area contributed by atoms with Crippen LogP contribution in [0, 0.1) is 29.1 Å². The van der Waals surface area contributed by atoms with Crippen LogP contribution in [-0.2, 0) is 6.42 Å². The Hall–Kier alpha value is -4.07. The molecule has 38 heavy (non-hydrogen) atoms. The van der Waals surface area contributed by atoms with E-state index >= 15 is 0 Å². The second-order valence-corrected chi connectivity index (χ2v) is 8.58. The van der Waals surface area contributed by atoms with E-state index in [0.717, 1.165) is 36.1 Å². The normalized spacial score (nSPS) is 11.8. The highest BCUT2D eigenvalue weighted by Crippen LogP contribution is 2.30. The highest BCUT2D eigenvalue weighted by atomic mass is 19.3. The lowest BCUT2D eigenvalue weighted by molar-refractivity contribution is -0.131. The van der Waals surface area contributed by atoms with Crippen LogP contribution >= 0.6 is 0 Å². The highest BCUT2D eigenvalue weighted by molar-refractivity contribution is 5.71. The van der Waals surface area contributed by atoms with Gasteiger partial charge in [-0.2, -0.15) is 8.78 Å². The van der Waals surface area contributed by atoms with Gasteiger partial charge >= 0.3 is 6.11 Å². The molecular weight excluding hydrogens is 509 g/mol. The number of rotatable bonds is 8. The third-order valence-corrected chi connectivity index (χ3v) is 5.78. The Bertz CT molecular complexity index is 1410. The first-order chi connectivity index (χ1) is 18.1. The molecule has 0 aromatic heterocycles. The van der Waals surface area contributed by atoms with Crippen molar-refractivity contribution in [2.45, 2.75) is 25.9 Å². The van der Waals surface area contributed by atoms with E-state index in [9.17, 15) is 30.7 Å². The molecule has 0 unspecified atom stereocenters. The molecule has 0 N–H and O–H groups in total. The molecule has 0 atom stereocenters. The van der Waals surface area contributed by atoms with Gasteiger partial charge in [-0.15, -0.1) is 0 Å². The predicted molar refractivity (Wildman–Crippen MR) is 132 cm³/mol. The average Bonchev–Trinajstić information content (AvgIpc) is 2.87. The number of ether oxygens (including phenoxy) is 1. The lowest BCUT2D eigenvalue weighted by Gasteiger charge is -2.15. The van der Waals surface area contributed by atoms with Crippen LogP contribution < -0.4 is 4.74 Å². The van der Waals surface area contributed by atoms with Crippen LogP contribution in [0.2, 0.25) is 0 Å². The maximum absolute atomic E-state index is 14.7. The van der Waals surface area contributed by atoms with Crippen molar-refractivity contribution in [2.24, 2.45) is 0 Å². The summed E-state index contributed by atoms with van der Waals surface area (Å²) in [4.78, 5) is 0. The van der Waals surface area contributed by atoms with Crippen LogP contribution in [0.15, 0.2) is 78.9 Å². The molecular formula is C30H21F7O. The first-order valence-electron chi connectivity index (χ1n) is 11.7.